The van der Waals surface area contributed by atoms with E-state index in [1.807, 2.05) is 38.1 Å². The number of ketones is 1. The average Bonchev–Trinajstić information content (AvgIpc) is 3.26. The summed E-state index contributed by atoms with van der Waals surface area (Å²) in [6.45, 7) is 6.37. The first-order valence-electron chi connectivity index (χ1n) is 7.69. The normalized spacial score (nSPS) is 14.2. The van der Waals surface area contributed by atoms with Gasteiger partial charge in [-0.25, -0.2) is 0 Å². The number of anilines is 1. The van der Waals surface area contributed by atoms with Gasteiger partial charge in [0.25, 0.3) is 0 Å². The third-order valence-corrected chi connectivity index (χ3v) is 4.73. The van der Waals surface area contributed by atoms with E-state index in [9.17, 15) is 4.79 Å². The molecular formula is C18H21ClN2O. The molecule has 1 aliphatic carbocycles. The van der Waals surface area contributed by atoms with Crippen molar-refractivity contribution in [2.24, 2.45) is 0 Å². The van der Waals surface area contributed by atoms with Gasteiger partial charge in [0.1, 0.15) is 0 Å². The van der Waals surface area contributed by atoms with Crippen LogP contribution in [-0.4, -0.2) is 16.9 Å². The van der Waals surface area contributed by atoms with Crippen molar-refractivity contribution in [2.45, 2.75) is 39.7 Å². The molecule has 1 N–H and O–H groups in total. The average molecular weight is 317 g/mol. The lowest BCUT2D eigenvalue weighted by atomic mass is 10.1. The number of hydrogen-bond donors (Lipinski definition) is 1. The molecule has 1 aliphatic rings. The first kappa shape index (κ1) is 15.2. The summed E-state index contributed by atoms with van der Waals surface area (Å²) in [5.74, 6) is 0.122. The minimum atomic E-state index is 0.122. The summed E-state index contributed by atoms with van der Waals surface area (Å²) in [5.41, 5.74) is 5.01. The molecule has 0 spiro atoms. The van der Waals surface area contributed by atoms with Crippen LogP contribution in [0.1, 0.15) is 46.2 Å². The SMILES string of the molecule is Cc1ccc(NCC(=O)c2cc(C)n(C3CC3)c2C)cc1Cl. The van der Waals surface area contributed by atoms with Gasteiger partial charge in [0, 0.05) is 33.7 Å². The van der Waals surface area contributed by atoms with E-state index < -0.39 is 0 Å². The maximum atomic E-state index is 12.5. The highest BCUT2D eigenvalue weighted by Crippen LogP contribution is 2.38. The minimum absolute atomic E-state index is 0.122. The minimum Gasteiger partial charge on any atom is -0.378 e. The van der Waals surface area contributed by atoms with Crippen molar-refractivity contribution in [1.29, 1.82) is 0 Å². The van der Waals surface area contributed by atoms with Crippen molar-refractivity contribution in [3.63, 3.8) is 0 Å². The van der Waals surface area contributed by atoms with Crippen LogP contribution in [0.5, 0.6) is 0 Å². The predicted molar refractivity (Wildman–Crippen MR) is 91.2 cm³/mol. The zero-order chi connectivity index (χ0) is 15.9. The lowest BCUT2D eigenvalue weighted by Gasteiger charge is -2.09. The maximum absolute atomic E-state index is 12.5. The second-order valence-electron chi connectivity index (χ2n) is 6.13. The Morgan fingerprint density at radius 2 is 2.00 bits per heavy atom. The summed E-state index contributed by atoms with van der Waals surface area (Å²) in [4.78, 5) is 12.5. The third kappa shape index (κ3) is 2.91. The summed E-state index contributed by atoms with van der Waals surface area (Å²) >= 11 is 6.11. The second kappa shape index (κ2) is 5.81. The van der Waals surface area contributed by atoms with Crippen LogP contribution in [0.25, 0.3) is 0 Å². The number of nitrogens with one attached hydrogen (secondary N) is 1. The summed E-state index contributed by atoms with van der Waals surface area (Å²) in [7, 11) is 0. The molecule has 0 saturated heterocycles. The molecule has 0 radical (unpaired) electrons. The van der Waals surface area contributed by atoms with E-state index in [0.29, 0.717) is 11.1 Å². The Kier molecular flexibility index (Phi) is 4.00. The molecule has 22 heavy (non-hydrogen) atoms. The number of nitrogens with zero attached hydrogens (tertiary/aromatic N) is 1. The Hall–Kier alpha value is -1.74. The van der Waals surface area contributed by atoms with E-state index in [1.54, 1.807) is 0 Å². The summed E-state index contributed by atoms with van der Waals surface area (Å²) in [6.07, 6.45) is 2.45. The van der Waals surface area contributed by atoms with Gasteiger partial charge < -0.3 is 9.88 Å². The third-order valence-electron chi connectivity index (χ3n) is 4.32. The summed E-state index contributed by atoms with van der Waals surface area (Å²) in [5, 5.41) is 3.88. The fourth-order valence-electron chi connectivity index (χ4n) is 2.93. The van der Waals surface area contributed by atoms with E-state index in [-0.39, 0.29) is 12.3 Å². The molecule has 1 heterocycles. The van der Waals surface area contributed by atoms with Crippen LogP contribution in [0.2, 0.25) is 5.02 Å². The van der Waals surface area contributed by atoms with Gasteiger partial charge in [-0.1, -0.05) is 17.7 Å². The van der Waals surface area contributed by atoms with Gasteiger partial charge >= 0.3 is 0 Å². The van der Waals surface area contributed by atoms with Crippen LogP contribution in [0, 0.1) is 20.8 Å². The zero-order valence-corrected chi connectivity index (χ0v) is 14.0. The Balaban J connectivity index is 1.72. The molecule has 0 unspecified atom stereocenters. The number of halogens is 1. The van der Waals surface area contributed by atoms with Gasteiger partial charge in [-0.3, -0.25) is 4.79 Å². The van der Waals surface area contributed by atoms with Crippen molar-refractivity contribution < 1.29 is 4.79 Å². The molecule has 2 aromatic rings. The Bertz CT molecular complexity index is 729. The molecule has 116 valence electrons. The van der Waals surface area contributed by atoms with Gasteiger partial charge in [0.05, 0.1) is 6.54 Å². The van der Waals surface area contributed by atoms with Crippen LogP contribution >= 0.6 is 11.6 Å². The molecular weight excluding hydrogens is 296 g/mol. The highest BCUT2D eigenvalue weighted by atomic mass is 35.5. The number of hydrogen-bond acceptors (Lipinski definition) is 2. The molecule has 1 saturated carbocycles. The van der Waals surface area contributed by atoms with Crippen molar-refractivity contribution in [3.05, 3.63) is 51.8 Å². The van der Waals surface area contributed by atoms with Gasteiger partial charge in [0.2, 0.25) is 0 Å². The van der Waals surface area contributed by atoms with E-state index >= 15 is 0 Å². The largest absolute Gasteiger partial charge is 0.378 e. The fraction of sp³-hybridized carbons (Fsp3) is 0.389. The van der Waals surface area contributed by atoms with Crippen molar-refractivity contribution in [1.82, 2.24) is 4.57 Å². The highest BCUT2D eigenvalue weighted by Gasteiger charge is 2.28. The monoisotopic (exact) mass is 316 g/mol. The number of rotatable bonds is 5. The molecule has 1 aromatic carbocycles. The second-order valence-corrected chi connectivity index (χ2v) is 6.53. The van der Waals surface area contributed by atoms with Gasteiger partial charge in [-0.2, -0.15) is 0 Å². The molecule has 1 fully saturated rings. The Morgan fingerprint density at radius 1 is 1.27 bits per heavy atom. The van der Waals surface area contributed by atoms with E-state index in [2.05, 4.69) is 16.8 Å². The quantitative estimate of drug-likeness (QED) is 0.811. The number of aryl methyl sites for hydroxylation is 2. The molecule has 0 bridgehead atoms. The van der Waals surface area contributed by atoms with E-state index in [4.69, 9.17) is 11.6 Å². The molecule has 0 amide bonds. The lowest BCUT2D eigenvalue weighted by molar-refractivity contribution is 0.101. The van der Waals surface area contributed by atoms with Gasteiger partial charge in [-0.05, 0) is 57.4 Å². The van der Waals surface area contributed by atoms with Crippen molar-refractivity contribution >= 4 is 23.1 Å². The Labute approximate surface area is 136 Å². The Morgan fingerprint density at radius 3 is 2.64 bits per heavy atom. The molecule has 4 heteroatoms. The first-order chi connectivity index (χ1) is 10.5. The van der Waals surface area contributed by atoms with E-state index in [0.717, 1.165) is 22.5 Å². The van der Waals surface area contributed by atoms with Crippen LogP contribution in [0.4, 0.5) is 5.69 Å². The van der Waals surface area contributed by atoms with Crippen LogP contribution in [0.15, 0.2) is 24.3 Å². The number of benzene rings is 1. The standard InChI is InChI=1S/C18H21ClN2O/c1-11-4-5-14(9-17(11)19)20-10-18(22)16-8-12(2)21(13(16)3)15-6-7-15/h4-5,8-9,15,20H,6-7,10H2,1-3H3. The highest BCUT2D eigenvalue weighted by molar-refractivity contribution is 6.31. The van der Waals surface area contributed by atoms with Crippen LogP contribution in [-0.2, 0) is 0 Å². The lowest BCUT2D eigenvalue weighted by Crippen LogP contribution is -2.15. The fourth-order valence-corrected chi connectivity index (χ4v) is 3.11. The van der Waals surface area contributed by atoms with Gasteiger partial charge in [0.15, 0.2) is 5.78 Å². The first-order valence-corrected chi connectivity index (χ1v) is 8.07. The maximum Gasteiger partial charge on any atom is 0.183 e. The molecule has 0 aliphatic heterocycles. The van der Waals surface area contributed by atoms with E-state index in [1.165, 1.54) is 18.5 Å². The number of Topliss-reactive ketones (excluding diaryl/α,β-unsaturated/α-hetero) is 1. The molecule has 0 atom stereocenters. The topological polar surface area (TPSA) is 34.0 Å². The molecule has 3 rings (SSSR count). The van der Waals surface area contributed by atoms with Crippen LogP contribution in [0.3, 0.4) is 0 Å². The summed E-state index contributed by atoms with van der Waals surface area (Å²) in [6, 6.07) is 8.37. The van der Waals surface area contributed by atoms with Crippen molar-refractivity contribution in [2.75, 3.05) is 11.9 Å². The summed E-state index contributed by atoms with van der Waals surface area (Å²) < 4.78 is 2.30. The molecule has 3 nitrogen and oxygen atoms in total. The zero-order valence-electron chi connectivity index (χ0n) is 13.2. The van der Waals surface area contributed by atoms with Crippen molar-refractivity contribution in [3.8, 4) is 0 Å². The van der Waals surface area contributed by atoms with Crippen LogP contribution < -0.4 is 5.32 Å². The smallest absolute Gasteiger partial charge is 0.183 e. The number of carbonyl (C=O) groups is 1. The molecule has 1 aromatic heterocycles. The number of carbonyl (C=O) groups excluding carboxylic acids is 1. The van der Waals surface area contributed by atoms with Gasteiger partial charge in [-0.15, -0.1) is 0 Å². The number of aromatic nitrogens is 1. The predicted octanol–water partition coefficient (Wildman–Crippen LogP) is 4.70.